The maximum atomic E-state index is 14.2. The summed E-state index contributed by atoms with van der Waals surface area (Å²) in [7, 11) is -1.20. The number of fused-ring (bicyclic) bond motifs is 14. The van der Waals surface area contributed by atoms with E-state index in [2.05, 4.69) is 46.3 Å². The van der Waals surface area contributed by atoms with Gasteiger partial charge in [0.15, 0.2) is 5.82 Å². The third kappa shape index (κ3) is 12.6. The Morgan fingerprint density at radius 2 is 1.44 bits per heavy atom. The Kier molecular flexibility index (Phi) is 16.7. The van der Waals surface area contributed by atoms with E-state index in [0.29, 0.717) is 68.7 Å². The van der Waals surface area contributed by atoms with E-state index in [1.165, 1.54) is 42.2 Å². The second kappa shape index (κ2) is 23.4. The topological polar surface area (TPSA) is 337 Å². The van der Waals surface area contributed by atoms with E-state index in [1.807, 2.05) is 13.8 Å². The summed E-state index contributed by atoms with van der Waals surface area (Å²) in [6, 6.07) is 9.30. The van der Waals surface area contributed by atoms with E-state index in [1.54, 1.807) is 65.5 Å². The molecule has 10 bridgehead atoms. The van der Waals surface area contributed by atoms with Crippen molar-refractivity contribution in [1.29, 1.82) is 0 Å². The number of hydrogen-bond donors (Lipinski definition) is 8. The van der Waals surface area contributed by atoms with E-state index >= 15 is 0 Å². The van der Waals surface area contributed by atoms with Crippen molar-refractivity contribution >= 4 is 114 Å². The highest BCUT2D eigenvalue weighted by Crippen LogP contribution is 2.40. The van der Waals surface area contributed by atoms with Gasteiger partial charge < -0.3 is 36.4 Å². The second-order valence-electron chi connectivity index (χ2n) is 17.3. The minimum atomic E-state index is -4.13. The minimum absolute atomic E-state index is 0.000237. The van der Waals surface area contributed by atoms with Crippen LogP contribution in [0.5, 0.6) is 0 Å². The number of aryl methyl sites for hydroxylation is 1. The first kappa shape index (κ1) is 54.9. The van der Waals surface area contributed by atoms with Gasteiger partial charge in [-0.3, -0.25) is 28.7 Å². The van der Waals surface area contributed by atoms with Crippen LogP contribution in [0.4, 0.5) is 5.82 Å². The van der Waals surface area contributed by atoms with Gasteiger partial charge in [0.2, 0.25) is 11.8 Å². The first-order chi connectivity index (χ1) is 36.9. The summed E-state index contributed by atoms with van der Waals surface area (Å²) in [5.41, 5.74) is 2.46. The molecule has 8 heterocycles. The molecule has 0 radical (unpaired) electrons. The van der Waals surface area contributed by atoms with Crippen LogP contribution < -0.4 is 36.4 Å². The lowest BCUT2D eigenvalue weighted by Gasteiger charge is -2.23. The van der Waals surface area contributed by atoms with Gasteiger partial charge in [-0.2, -0.15) is 8.42 Å². The fraction of sp³-hybridized carbons (Fsp3) is 0.277. The molecule has 1 aliphatic heterocycles. The molecule has 1 aromatic carbocycles. The number of aliphatic hydroxyl groups excluding tert-OH is 1. The Hall–Kier alpha value is -6.87. The summed E-state index contributed by atoms with van der Waals surface area (Å²) < 4.78 is 31.2. The molecule has 0 fully saturated rings. The summed E-state index contributed by atoms with van der Waals surface area (Å²) in [6.45, 7) is 4.93. The van der Waals surface area contributed by atoms with Gasteiger partial charge in [-0.15, -0.1) is 68.0 Å². The average molecular weight is 1180 g/mol. The number of benzene rings is 1. The molecule has 0 spiro atoms. The number of anilines is 1. The summed E-state index contributed by atoms with van der Waals surface area (Å²) in [4.78, 5) is 103. The largest absolute Gasteiger partial charge is 0.386 e. The first-order valence-electron chi connectivity index (χ1n) is 23.1. The number of ether oxygens (including phenoxy) is 1. The number of rotatable bonds is 10. The Labute approximate surface area is 463 Å². The van der Waals surface area contributed by atoms with Crippen LogP contribution in [0.2, 0.25) is 0 Å². The number of amides is 5. The molecule has 23 nitrogen and oxygen atoms in total. The SMILES string of the molecule is CNC(=O)C[C@@H]1NC(=O)c2csc(n2)-c2ccc(-c3nc(NS(N)(=O)=O)cs3)nc2-c2csc(n2)-c2csc(n2)[C@H]([C@@H](O)c2ccccc2)NC(=O)CNC(=O)c2nc(sc2COC)[C@H](C(C)C)NC(=O)c2nc1sc2C. The quantitative estimate of drug-likeness (QED) is 0.0787. The van der Waals surface area contributed by atoms with Crippen molar-refractivity contribution in [2.45, 2.75) is 58.0 Å². The summed E-state index contributed by atoms with van der Waals surface area (Å²) in [5.74, 6) is -3.18. The van der Waals surface area contributed by atoms with Crippen molar-refractivity contribution in [3.8, 4) is 43.4 Å². The van der Waals surface area contributed by atoms with Crippen LogP contribution in [-0.2, 0) is 31.1 Å². The van der Waals surface area contributed by atoms with E-state index in [0.717, 1.165) is 45.3 Å². The Morgan fingerprint density at radius 1 is 0.740 bits per heavy atom. The monoisotopic (exact) mass is 1170 g/mol. The molecule has 4 atom stereocenters. The van der Waals surface area contributed by atoms with Crippen LogP contribution in [0.1, 0.15) is 106 Å². The molecule has 30 heteroatoms. The van der Waals surface area contributed by atoms with Crippen molar-refractivity contribution < 1.29 is 42.2 Å². The van der Waals surface area contributed by atoms with Crippen molar-refractivity contribution in [2.24, 2.45) is 11.1 Å². The molecule has 400 valence electrons. The number of hydrogen-bond acceptors (Lipinski definition) is 22. The van der Waals surface area contributed by atoms with Gasteiger partial charge in [0, 0.05) is 46.1 Å². The van der Waals surface area contributed by atoms with Gasteiger partial charge in [-0.1, -0.05) is 44.2 Å². The maximum Gasteiger partial charge on any atom is 0.297 e. The third-order valence-electron chi connectivity index (χ3n) is 11.5. The summed E-state index contributed by atoms with van der Waals surface area (Å²) in [6.07, 6.45) is -1.51. The van der Waals surface area contributed by atoms with Crippen LogP contribution in [-0.4, -0.2) is 98.7 Å². The van der Waals surface area contributed by atoms with Gasteiger partial charge in [0.05, 0.1) is 42.2 Å². The van der Waals surface area contributed by atoms with Gasteiger partial charge in [0.1, 0.15) is 76.4 Å². The van der Waals surface area contributed by atoms with Crippen LogP contribution in [0.15, 0.2) is 64.0 Å². The van der Waals surface area contributed by atoms with Crippen LogP contribution in [0.3, 0.4) is 0 Å². The Balaban J connectivity index is 1.14. The lowest BCUT2D eigenvalue weighted by Crippen LogP contribution is -2.40. The van der Waals surface area contributed by atoms with Crippen molar-refractivity contribution in [1.82, 2.24) is 61.5 Å². The highest BCUT2D eigenvalue weighted by atomic mass is 32.2. The molecular formula is C47H46N14O9S7. The zero-order valence-corrected chi connectivity index (χ0v) is 46.9. The van der Waals surface area contributed by atoms with E-state index < -0.39 is 70.5 Å². The van der Waals surface area contributed by atoms with E-state index in [-0.39, 0.29) is 46.9 Å². The summed E-state index contributed by atoms with van der Waals surface area (Å²) >= 11 is 6.97. The number of nitrogens with one attached hydrogen (secondary N) is 6. The highest BCUT2D eigenvalue weighted by Gasteiger charge is 2.33. The number of thiazole rings is 6. The van der Waals surface area contributed by atoms with Gasteiger partial charge in [0.25, 0.3) is 27.9 Å². The molecular weight excluding hydrogens is 1130 g/mol. The standard InChI is InChI=1S/C47H46N14O9S7/c1-20(2)33-47-60-36(29(76-47)15-70-5)40(66)50-14-32(63)57-37(38(64)22-9-7-6-8-10-22)46-55-28(18-73-46)44-53-26(16-72-44)35-23(11-12-24(51-35)43-56-30(19-74-43)61-77(48,68)69)42-54-27(17-71-42)39(65)52-25(13-31(62)49-4)45-59-34(21(3)75-45)41(67)58-33/h6-12,16-20,25,33,37-38,61,64H,13-15H2,1-5H3,(H,49,62)(H,50,66)(H,52,65)(H,57,63)(H,58,67)(H2,48,68,69)/t25-,33-,37-,38-/m0/s1. The molecule has 9 N–H and O–H groups in total. The number of carbonyl (C=O) groups excluding carboxylic acids is 5. The average Bonchev–Trinajstić information content (AvgIpc) is 4.31. The van der Waals surface area contributed by atoms with Gasteiger partial charge in [-0.05, 0) is 30.5 Å². The number of aromatic nitrogens is 7. The number of nitrogens with zero attached hydrogens (tertiary/aromatic N) is 7. The molecule has 0 aliphatic carbocycles. The number of carbonyl (C=O) groups is 5. The van der Waals surface area contributed by atoms with E-state index in [9.17, 15) is 37.5 Å². The molecule has 0 saturated heterocycles. The molecule has 1 aliphatic rings. The van der Waals surface area contributed by atoms with Crippen molar-refractivity contribution in [3.63, 3.8) is 0 Å². The number of nitrogens with two attached hydrogens (primary N) is 1. The maximum absolute atomic E-state index is 14.2. The second-order valence-corrected chi connectivity index (χ2v) is 24.4. The Bertz CT molecular complexity index is 3630. The predicted octanol–water partition coefficient (Wildman–Crippen LogP) is 5.93. The molecule has 8 aromatic rings. The minimum Gasteiger partial charge on any atom is -0.386 e. The molecule has 7 aromatic heterocycles. The normalized spacial score (nSPS) is 17.0. The fourth-order valence-corrected chi connectivity index (χ4v) is 13.7. The summed E-state index contributed by atoms with van der Waals surface area (Å²) in [5, 5.41) is 39.7. The lowest BCUT2D eigenvalue weighted by molar-refractivity contribution is -0.122. The third-order valence-corrected chi connectivity index (χ3v) is 17.7. The van der Waals surface area contributed by atoms with Crippen LogP contribution in [0.25, 0.3) is 43.4 Å². The first-order valence-corrected chi connectivity index (χ1v) is 29.8. The van der Waals surface area contributed by atoms with E-state index in [4.69, 9.17) is 29.8 Å². The van der Waals surface area contributed by atoms with Crippen molar-refractivity contribution in [2.75, 3.05) is 25.4 Å². The zero-order valence-electron chi connectivity index (χ0n) is 41.1. The Morgan fingerprint density at radius 3 is 2.18 bits per heavy atom. The molecule has 77 heavy (non-hydrogen) atoms. The zero-order chi connectivity index (χ0) is 54.7. The van der Waals surface area contributed by atoms with Crippen molar-refractivity contribution in [3.05, 3.63) is 111 Å². The number of aliphatic hydroxyl groups is 1. The van der Waals surface area contributed by atoms with Gasteiger partial charge in [-0.25, -0.2) is 40.0 Å². The van der Waals surface area contributed by atoms with Crippen LogP contribution in [0, 0.1) is 12.8 Å². The smallest absolute Gasteiger partial charge is 0.297 e. The lowest BCUT2D eigenvalue weighted by atomic mass is 10.0. The number of pyridine rings is 1. The van der Waals surface area contributed by atoms with Gasteiger partial charge >= 0.3 is 0 Å². The fourth-order valence-electron chi connectivity index (χ4n) is 7.78. The number of methoxy groups -OCH3 is 1. The molecule has 5 amide bonds. The molecule has 9 rings (SSSR count). The molecule has 0 unspecified atom stereocenters. The van der Waals surface area contributed by atoms with Crippen LogP contribution >= 0.6 is 68.0 Å². The predicted molar refractivity (Wildman–Crippen MR) is 294 cm³/mol. The highest BCUT2D eigenvalue weighted by molar-refractivity contribution is 7.90. The molecule has 0 saturated carbocycles.